The zero-order chi connectivity index (χ0) is 17.0. The van der Waals surface area contributed by atoms with Crippen LogP contribution in [-0.2, 0) is 14.9 Å². The first-order chi connectivity index (χ1) is 10.8. The molecule has 2 heterocycles. The highest BCUT2D eigenvalue weighted by Crippen LogP contribution is 2.23. The van der Waals surface area contributed by atoms with Crippen LogP contribution in [0.4, 0.5) is 4.79 Å². The molecule has 0 aromatic rings. The Labute approximate surface area is 139 Å². The van der Waals surface area contributed by atoms with Crippen molar-refractivity contribution >= 4 is 16.3 Å². The highest BCUT2D eigenvalue weighted by Gasteiger charge is 2.33. The molecule has 2 fully saturated rings. The number of hydrogen-bond acceptors (Lipinski definition) is 4. The van der Waals surface area contributed by atoms with Crippen LogP contribution in [0.1, 0.15) is 40.0 Å². The fourth-order valence-corrected chi connectivity index (χ4v) is 5.19. The zero-order valence-electron chi connectivity index (χ0n) is 14.3. The van der Waals surface area contributed by atoms with Gasteiger partial charge in [-0.15, -0.1) is 0 Å². The molecule has 2 atom stereocenters. The summed E-state index contributed by atoms with van der Waals surface area (Å²) in [5.74, 6) is 0.780. The number of carbonyl (C=O) groups excluding carboxylic acids is 1. The second-order valence-electron chi connectivity index (χ2n) is 6.85. The second kappa shape index (κ2) is 7.81. The molecule has 0 aromatic heterocycles. The van der Waals surface area contributed by atoms with Crippen LogP contribution in [-0.4, -0.2) is 62.5 Å². The van der Waals surface area contributed by atoms with E-state index in [4.69, 9.17) is 4.74 Å². The van der Waals surface area contributed by atoms with E-state index in [0.29, 0.717) is 57.5 Å². The molecule has 0 spiro atoms. The van der Waals surface area contributed by atoms with Gasteiger partial charge in [0.2, 0.25) is 0 Å². The van der Waals surface area contributed by atoms with Gasteiger partial charge in [-0.3, -0.25) is 0 Å². The lowest BCUT2D eigenvalue weighted by molar-refractivity contribution is 0.0963. The summed E-state index contributed by atoms with van der Waals surface area (Å²) in [5, 5.41) is 0. The lowest BCUT2D eigenvalue weighted by Gasteiger charge is -2.36. The van der Waals surface area contributed by atoms with E-state index in [9.17, 15) is 13.2 Å². The Morgan fingerprint density at radius 2 is 1.74 bits per heavy atom. The van der Waals surface area contributed by atoms with Gasteiger partial charge in [0.25, 0.3) is 10.2 Å². The number of amides is 1. The van der Waals surface area contributed by atoms with Crippen molar-refractivity contribution in [1.29, 1.82) is 0 Å². The Bertz CT molecular complexity index is 493. The average Bonchev–Trinajstić information content (AvgIpc) is 2.47. The second-order valence-corrected chi connectivity index (χ2v) is 8.55. The van der Waals surface area contributed by atoms with Crippen LogP contribution in [0.15, 0.2) is 0 Å². The molecule has 0 bridgehead atoms. The molecule has 2 rings (SSSR count). The molecule has 7 nitrogen and oxygen atoms in total. The van der Waals surface area contributed by atoms with Crippen molar-refractivity contribution in [2.45, 2.75) is 46.1 Å². The summed E-state index contributed by atoms with van der Waals surface area (Å²) in [4.78, 5) is 13.3. The zero-order valence-corrected chi connectivity index (χ0v) is 15.1. The van der Waals surface area contributed by atoms with Crippen LogP contribution in [0.5, 0.6) is 0 Å². The molecular weight excluding hydrogens is 318 g/mol. The predicted molar refractivity (Wildman–Crippen MR) is 88.2 cm³/mol. The number of nitrogens with zero attached hydrogens (tertiary/aromatic N) is 2. The number of nitrogens with one attached hydrogen (secondary N) is 1. The maximum Gasteiger partial charge on any atom is 0.409 e. The van der Waals surface area contributed by atoms with Crippen molar-refractivity contribution in [2.75, 3.05) is 32.8 Å². The molecule has 0 unspecified atom stereocenters. The molecule has 0 saturated carbocycles. The summed E-state index contributed by atoms with van der Waals surface area (Å²) in [7, 11) is -3.45. The monoisotopic (exact) mass is 347 g/mol. The number of hydrogen-bond donors (Lipinski definition) is 1. The molecule has 0 radical (unpaired) electrons. The highest BCUT2D eigenvalue weighted by atomic mass is 32.2. The van der Waals surface area contributed by atoms with E-state index in [1.807, 2.05) is 0 Å². The predicted octanol–water partition coefficient (Wildman–Crippen LogP) is 1.42. The van der Waals surface area contributed by atoms with Crippen molar-refractivity contribution < 1.29 is 17.9 Å². The van der Waals surface area contributed by atoms with Gasteiger partial charge in [-0.1, -0.05) is 13.8 Å². The number of ether oxygens (including phenoxy) is 1. The molecule has 134 valence electrons. The lowest BCUT2D eigenvalue weighted by atomic mass is 9.94. The van der Waals surface area contributed by atoms with E-state index in [1.54, 1.807) is 16.1 Å². The molecule has 8 heteroatoms. The Morgan fingerprint density at radius 3 is 2.26 bits per heavy atom. The normalized spacial score (nSPS) is 27.9. The average molecular weight is 347 g/mol. The van der Waals surface area contributed by atoms with Crippen LogP contribution >= 0.6 is 0 Å². The molecule has 1 amide bonds. The fourth-order valence-electron chi connectivity index (χ4n) is 3.48. The summed E-state index contributed by atoms with van der Waals surface area (Å²) in [6.07, 6.45) is 2.00. The van der Waals surface area contributed by atoms with Gasteiger partial charge >= 0.3 is 6.09 Å². The topological polar surface area (TPSA) is 79.0 Å². The molecular formula is C15H29N3O4S. The minimum atomic E-state index is -3.45. The Balaban J connectivity index is 1.86. The smallest absolute Gasteiger partial charge is 0.409 e. The quantitative estimate of drug-likeness (QED) is 0.834. The summed E-state index contributed by atoms with van der Waals surface area (Å²) < 4.78 is 34.5. The van der Waals surface area contributed by atoms with E-state index < -0.39 is 10.2 Å². The van der Waals surface area contributed by atoms with Crippen molar-refractivity contribution in [3.05, 3.63) is 0 Å². The maximum absolute atomic E-state index is 12.6. The summed E-state index contributed by atoms with van der Waals surface area (Å²) in [5.41, 5.74) is 0. The highest BCUT2D eigenvalue weighted by molar-refractivity contribution is 7.87. The number of carbonyl (C=O) groups is 1. The third-order valence-corrected chi connectivity index (χ3v) is 6.12. The van der Waals surface area contributed by atoms with Gasteiger partial charge < -0.3 is 9.64 Å². The van der Waals surface area contributed by atoms with Gasteiger partial charge in [0.15, 0.2) is 0 Å². The minimum Gasteiger partial charge on any atom is -0.450 e. The van der Waals surface area contributed by atoms with Crippen LogP contribution in [0.25, 0.3) is 0 Å². The summed E-state index contributed by atoms with van der Waals surface area (Å²) >= 11 is 0. The van der Waals surface area contributed by atoms with Crippen molar-refractivity contribution in [3.63, 3.8) is 0 Å². The standard InChI is InChI=1S/C15H29N3O4S/c1-4-22-15(19)17-7-5-14(6-8-17)16-23(20,21)18-10-12(2)9-13(3)11-18/h12-14,16H,4-11H2,1-3H3/t12-,13-/m1/s1. The number of likely N-dealkylation sites (tertiary alicyclic amines) is 1. The molecule has 2 saturated heterocycles. The fraction of sp³-hybridized carbons (Fsp3) is 0.933. The molecule has 0 aromatic carbocycles. The van der Waals surface area contributed by atoms with E-state index >= 15 is 0 Å². The Kier molecular flexibility index (Phi) is 6.27. The van der Waals surface area contributed by atoms with E-state index in [0.717, 1.165) is 6.42 Å². The Morgan fingerprint density at radius 1 is 1.17 bits per heavy atom. The third-order valence-electron chi connectivity index (χ3n) is 4.51. The van der Waals surface area contributed by atoms with Gasteiger partial charge in [-0.05, 0) is 38.0 Å². The van der Waals surface area contributed by atoms with E-state index in [1.165, 1.54) is 0 Å². The third kappa shape index (κ3) is 5.06. The van der Waals surface area contributed by atoms with Crippen molar-refractivity contribution in [2.24, 2.45) is 11.8 Å². The van der Waals surface area contributed by atoms with Gasteiger partial charge in [0.05, 0.1) is 6.61 Å². The largest absolute Gasteiger partial charge is 0.450 e. The molecule has 0 aliphatic carbocycles. The first-order valence-corrected chi connectivity index (χ1v) is 9.95. The Hall–Kier alpha value is -0.860. The summed E-state index contributed by atoms with van der Waals surface area (Å²) in [6, 6.07) is -0.113. The van der Waals surface area contributed by atoms with E-state index in [-0.39, 0.29) is 12.1 Å². The van der Waals surface area contributed by atoms with Crippen LogP contribution < -0.4 is 4.72 Å². The van der Waals surface area contributed by atoms with Crippen molar-refractivity contribution in [3.8, 4) is 0 Å². The SMILES string of the molecule is CCOC(=O)N1CCC(NS(=O)(=O)N2C[C@H](C)C[C@@H](C)C2)CC1. The number of piperidine rings is 2. The first-order valence-electron chi connectivity index (χ1n) is 8.51. The maximum atomic E-state index is 12.6. The lowest BCUT2D eigenvalue weighted by Crippen LogP contribution is -2.53. The molecule has 2 aliphatic heterocycles. The molecule has 23 heavy (non-hydrogen) atoms. The van der Waals surface area contributed by atoms with Gasteiger partial charge in [0, 0.05) is 32.2 Å². The van der Waals surface area contributed by atoms with Gasteiger partial charge in [0.1, 0.15) is 0 Å². The van der Waals surface area contributed by atoms with E-state index in [2.05, 4.69) is 18.6 Å². The minimum absolute atomic E-state index is 0.113. The van der Waals surface area contributed by atoms with Gasteiger partial charge in [-0.25, -0.2) is 4.79 Å². The van der Waals surface area contributed by atoms with Crippen LogP contribution in [0, 0.1) is 11.8 Å². The van der Waals surface area contributed by atoms with Gasteiger partial charge in [-0.2, -0.15) is 17.4 Å². The molecule has 2 aliphatic rings. The number of rotatable bonds is 4. The molecule has 1 N–H and O–H groups in total. The summed E-state index contributed by atoms with van der Waals surface area (Å²) in [6.45, 7) is 8.54. The van der Waals surface area contributed by atoms with Crippen molar-refractivity contribution in [1.82, 2.24) is 13.9 Å². The first kappa shape index (κ1) is 18.5. The van der Waals surface area contributed by atoms with Crippen LogP contribution in [0.2, 0.25) is 0 Å². The van der Waals surface area contributed by atoms with Crippen LogP contribution in [0.3, 0.4) is 0 Å².